The molecule has 3 amide bonds. The molecule has 8 heteroatoms. The summed E-state index contributed by atoms with van der Waals surface area (Å²) in [7, 11) is 0. The molecule has 2 aromatic carbocycles. The number of benzene rings is 2. The van der Waals surface area contributed by atoms with Crippen molar-refractivity contribution in [1.82, 2.24) is 4.90 Å². The fourth-order valence-corrected chi connectivity index (χ4v) is 3.84. The zero-order valence-corrected chi connectivity index (χ0v) is 17.5. The largest absolute Gasteiger partial charge is 0.494 e. The van der Waals surface area contributed by atoms with Gasteiger partial charge in [0.2, 0.25) is 0 Å². The minimum absolute atomic E-state index is 0. The second-order valence-corrected chi connectivity index (χ2v) is 7.29. The number of imide groups is 1. The Labute approximate surface area is 181 Å². The van der Waals surface area contributed by atoms with E-state index in [1.165, 1.54) is 6.07 Å². The molecule has 0 bridgehead atoms. The molecule has 1 fully saturated rings. The van der Waals surface area contributed by atoms with E-state index >= 15 is 0 Å². The van der Waals surface area contributed by atoms with E-state index in [1.807, 2.05) is 6.92 Å². The van der Waals surface area contributed by atoms with Crippen molar-refractivity contribution < 1.29 is 19.1 Å². The lowest BCUT2D eigenvalue weighted by atomic mass is 10.0. The SMILES string of the molecule is CCOc1ccc(N2C(=O)c3ccc(C(=O)N4CCCC(N)C4)cc3C2=O)cc1.Cl. The Hall–Kier alpha value is -2.90. The maximum absolute atomic E-state index is 13.0. The standard InChI is InChI=1S/C22H23N3O4.ClH/c1-2-29-17-8-6-16(7-9-17)25-21(27)18-10-5-14(12-19(18)22(25)28)20(26)24-11-3-4-15(23)13-24;/h5-10,12,15H,2-4,11,13,23H2,1H3;1H. The first-order valence-electron chi connectivity index (χ1n) is 9.80. The number of anilines is 1. The predicted octanol–water partition coefficient (Wildman–Crippen LogP) is 2.87. The third-order valence-corrected chi connectivity index (χ3v) is 5.28. The van der Waals surface area contributed by atoms with E-state index in [4.69, 9.17) is 10.5 Å². The molecule has 0 radical (unpaired) electrons. The number of hydrogen-bond acceptors (Lipinski definition) is 5. The molecule has 2 aliphatic heterocycles. The first-order valence-corrected chi connectivity index (χ1v) is 9.80. The molecule has 158 valence electrons. The van der Waals surface area contributed by atoms with E-state index in [9.17, 15) is 14.4 Å². The molecule has 1 unspecified atom stereocenters. The highest BCUT2D eigenvalue weighted by Crippen LogP contribution is 2.30. The fourth-order valence-electron chi connectivity index (χ4n) is 3.84. The number of nitrogens with zero attached hydrogens (tertiary/aromatic N) is 2. The number of piperidine rings is 1. The van der Waals surface area contributed by atoms with E-state index in [0.717, 1.165) is 17.7 Å². The van der Waals surface area contributed by atoms with E-state index in [1.54, 1.807) is 41.3 Å². The highest BCUT2D eigenvalue weighted by molar-refractivity contribution is 6.34. The number of carbonyl (C=O) groups excluding carboxylic acids is 3. The predicted molar refractivity (Wildman–Crippen MR) is 116 cm³/mol. The van der Waals surface area contributed by atoms with Crippen LogP contribution in [0.2, 0.25) is 0 Å². The average molecular weight is 430 g/mol. The summed E-state index contributed by atoms with van der Waals surface area (Å²) >= 11 is 0. The van der Waals surface area contributed by atoms with Crippen LogP contribution in [-0.2, 0) is 0 Å². The molecule has 2 aliphatic rings. The molecule has 4 rings (SSSR count). The normalized spacial score (nSPS) is 18.1. The maximum Gasteiger partial charge on any atom is 0.266 e. The van der Waals surface area contributed by atoms with Gasteiger partial charge in [-0.3, -0.25) is 14.4 Å². The van der Waals surface area contributed by atoms with Crippen LogP contribution in [0.5, 0.6) is 5.75 Å². The Morgan fingerprint density at radius 2 is 1.80 bits per heavy atom. The van der Waals surface area contributed by atoms with Gasteiger partial charge in [-0.15, -0.1) is 12.4 Å². The van der Waals surface area contributed by atoms with Crippen molar-refractivity contribution >= 4 is 35.8 Å². The van der Waals surface area contributed by atoms with Crippen molar-refractivity contribution in [3.05, 3.63) is 59.2 Å². The van der Waals surface area contributed by atoms with Gasteiger partial charge in [0.1, 0.15) is 5.75 Å². The smallest absolute Gasteiger partial charge is 0.266 e. The van der Waals surface area contributed by atoms with Crippen LogP contribution in [0.25, 0.3) is 0 Å². The van der Waals surface area contributed by atoms with Crippen molar-refractivity contribution in [3.63, 3.8) is 0 Å². The van der Waals surface area contributed by atoms with Gasteiger partial charge < -0.3 is 15.4 Å². The van der Waals surface area contributed by atoms with Crippen LogP contribution < -0.4 is 15.4 Å². The molecule has 2 N–H and O–H groups in total. The lowest BCUT2D eigenvalue weighted by molar-refractivity contribution is 0.0708. The van der Waals surface area contributed by atoms with Crippen LogP contribution in [-0.4, -0.2) is 48.4 Å². The Morgan fingerprint density at radius 1 is 1.10 bits per heavy atom. The minimum Gasteiger partial charge on any atom is -0.494 e. The van der Waals surface area contributed by atoms with Crippen LogP contribution in [0, 0.1) is 0 Å². The lowest BCUT2D eigenvalue weighted by Gasteiger charge is -2.30. The molecule has 7 nitrogen and oxygen atoms in total. The molecule has 30 heavy (non-hydrogen) atoms. The summed E-state index contributed by atoms with van der Waals surface area (Å²) < 4.78 is 5.41. The summed E-state index contributed by atoms with van der Waals surface area (Å²) in [5, 5.41) is 0. The van der Waals surface area contributed by atoms with Gasteiger partial charge in [-0.2, -0.15) is 0 Å². The van der Waals surface area contributed by atoms with Crippen molar-refractivity contribution in [1.29, 1.82) is 0 Å². The van der Waals surface area contributed by atoms with Gasteiger partial charge in [-0.05, 0) is 62.2 Å². The van der Waals surface area contributed by atoms with Crippen LogP contribution in [0.4, 0.5) is 5.69 Å². The second kappa shape index (κ2) is 8.85. The first-order chi connectivity index (χ1) is 14.0. The molecular formula is C22H24ClN3O4. The highest BCUT2D eigenvalue weighted by Gasteiger charge is 2.37. The number of ether oxygens (including phenoxy) is 1. The van der Waals surface area contributed by atoms with E-state index < -0.39 is 11.8 Å². The summed E-state index contributed by atoms with van der Waals surface area (Å²) in [4.78, 5) is 41.4. The van der Waals surface area contributed by atoms with Gasteiger partial charge in [-0.1, -0.05) is 0 Å². The molecule has 1 saturated heterocycles. The van der Waals surface area contributed by atoms with Crippen LogP contribution in [0.1, 0.15) is 50.8 Å². The summed E-state index contributed by atoms with van der Waals surface area (Å²) in [6.07, 6.45) is 1.76. The number of halogens is 1. The highest BCUT2D eigenvalue weighted by atomic mass is 35.5. The Morgan fingerprint density at radius 3 is 2.47 bits per heavy atom. The number of hydrogen-bond donors (Lipinski definition) is 1. The molecule has 0 aliphatic carbocycles. The van der Waals surface area contributed by atoms with E-state index in [2.05, 4.69) is 0 Å². The number of likely N-dealkylation sites (tertiary alicyclic amines) is 1. The van der Waals surface area contributed by atoms with Gasteiger partial charge in [0, 0.05) is 24.7 Å². The van der Waals surface area contributed by atoms with Gasteiger partial charge >= 0.3 is 0 Å². The fraction of sp³-hybridized carbons (Fsp3) is 0.318. The zero-order chi connectivity index (χ0) is 20.5. The number of fused-ring (bicyclic) bond motifs is 1. The molecule has 0 aromatic heterocycles. The monoisotopic (exact) mass is 429 g/mol. The minimum atomic E-state index is -0.431. The van der Waals surface area contributed by atoms with Crippen molar-refractivity contribution in [2.75, 3.05) is 24.6 Å². The molecule has 2 aromatic rings. The van der Waals surface area contributed by atoms with Crippen LogP contribution >= 0.6 is 12.4 Å². The van der Waals surface area contributed by atoms with Gasteiger partial charge in [0.15, 0.2) is 0 Å². The molecule has 2 heterocycles. The number of carbonyl (C=O) groups is 3. The number of amides is 3. The summed E-state index contributed by atoms with van der Waals surface area (Å²) in [5.74, 6) is -0.324. The van der Waals surface area contributed by atoms with Crippen LogP contribution in [0.15, 0.2) is 42.5 Å². The third-order valence-electron chi connectivity index (χ3n) is 5.28. The van der Waals surface area contributed by atoms with Gasteiger partial charge in [-0.25, -0.2) is 4.90 Å². The molecule has 0 spiro atoms. The topological polar surface area (TPSA) is 92.9 Å². The first kappa shape index (κ1) is 21.8. The van der Waals surface area contributed by atoms with Crippen LogP contribution in [0.3, 0.4) is 0 Å². The van der Waals surface area contributed by atoms with E-state index in [0.29, 0.717) is 42.3 Å². The molecular weight excluding hydrogens is 406 g/mol. The van der Waals surface area contributed by atoms with Crippen molar-refractivity contribution in [2.24, 2.45) is 5.73 Å². The third kappa shape index (κ3) is 3.91. The van der Waals surface area contributed by atoms with Gasteiger partial charge in [0.25, 0.3) is 17.7 Å². The van der Waals surface area contributed by atoms with Gasteiger partial charge in [0.05, 0.1) is 23.4 Å². The Bertz CT molecular complexity index is 977. The molecule has 1 atom stereocenters. The number of rotatable bonds is 4. The summed E-state index contributed by atoms with van der Waals surface area (Å²) in [5.41, 5.74) is 7.39. The summed E-state index contributed by atoms with van der Waals surface area (Å²) in [6, 6.07) is 11.4. The molecule has 0 saturated carbocycles. The lowest BCUT2D eigenvalue weighted by Crippen LogP contribution is -2.45. The van der Waals surface area contributed by atoms with E-state index in [-0.39, 0.29) is 29.9 Å². The Balaban J connectivity index is 0.00000256. The van der Waals surface area contributed by atoms with Crippen molar-refractivity contribution in [3.8, 4) is 5.75 Å². The Kier molecular flexibility index (Phi) is 6.43. The van der Waals surface area contributed by atoms with Crippen molar-refractivity contribution in [2.45, 2.75) is 25.8 Å². The average Bonchev–Trinajstić information content (AvgIpc) is 2.98. The summed E-state index contributed by atoms with van der Waals surface area (Å²) in [6.45, 7) is 3.56. The number of nitrogens with two attached hydrogens (primary N) is 1. The quantitative estimate of drug-likeness (QED) is 0.754. The maximum atomic E-state index is 13.0. The zero-order valence-electron chi connectivity index (χ0n) is 16.7. The second-order valence-electron chi connectivity index (χ2n) is 7.29.